The Morgan fingerprint density at radius 1 is 1.10 bits per heavy atom. The summed E-state index contributed by atoms with van der Waals surface area (Å²) in [6, 6.07) is 15.8. The summed E-state index contributed by atoms with van der Waals surface area (Å²) < 4.78 is 11.7. The first-order valence-corrected chi connectivity index (χ1v) is 11.3. The molecule has 1 spiro atoms. The minimum Gasteiger partial charge on any atom is -0.486 e. The lowest BCUT2D eigenvalue weighted by Crippen LogP contribution is -2.52. The number of anilines is 1. The molecule has 0 aromatic heterocycles. The predicted molar refractivity (Wildman–Crippen MR) is 119 cm³/mol. The second kappa shape index (κ2) is 8.17. The van der Waals surface area contributed by atoms with E-state index in [1.165, 1.54) is 5.56 Å². The minimum atomic E-state index is -0.648. The zero-order chi connectivity index (χ0) is 21.4. The standard InChI is InChI=1S/C25H30N2O4/c1-2-13-27-19-8-4-3-7-18(19)25(24(27)29)11-14-26(15-12-25)16-20(28)23-17-30-21-9-5-6-10-22(21)31-23/h3-10,20,23,28H,2,11-17H2,1H3. The number of aliphatic hydroxyl groups is 1. The molecule has 2 unspecified atom stereocenters. The molecule has 31 heavy (non-hydrogen) atoms. The third-order valence-electron chi connectivity index (χ3n) is 6.93. The molecule has 2 atom stereocenters. The number of carbonyl (C=O) groups is 1. The molecule has 0 radical (unpaired) electrons. The largest absolute Gasteiger partial charge is 0.486 e. The molecule has 0 saturated carbocycles. The van der Waals surface area contributed by atoms with Crippen molar-refractivity contribution in [1.29, 1.82) is 0 Å². The molecule has 6 nitrogen and oxygen atoms in total. The molecule has 5 rings (SSSR count). The van der Waals surface area contributed by atoms with Crippen molar-refractivity contribution in [2.24, 2.45) is 0 Å². The Bertz CT molecular complexity index is 954. The Morgan fingerprint density at radius 3 is 2.58 bits per heavy atom. The van der Waals surface area contributed by atoms with Gasteiger partial charge in [0, 0.05) is 18.8 Å². The highest BCUT2D eigenvalue weighted by Crippen LogP contribution is 2.48. The number of hydrogen-bond acceptors (Lipinski definition) is 5. The maximum atomic E-state index is 13.4. The normalized spacial score (nSPS) is 23.1. The fourth-order valence-corrected chi connectivity index (χ4v) is 5.25. The summed E-state index contributed by atoms with van der Waals surface area (Å²) in [5.41, 5.74) is 1.83. The molecule has 1 fully saturated rings. The van der Waals surface area contributed by atoms with Crippen LogP contribution < -0.4 is 14.4 Å². The summed E-state index contributed by atoms with van der Waals surface area (Å²) >= 11 is 0. The van der Waals surface area contributed by atoms with Crippen LogP contribution in [0.3, 0.4) is 0 Å². The smallest absolute Gasteiger partial charge is 0.237 e. The summed E-state index contributed by atoms with van der Waals surface area (Å²) in [6.45, 7) is 5.29. The van der Waals surface area contributed by atoms with Crippen LogP contribution in [0.4, 0.5) is 5.69 Å². The van der Waals surface area contributed by atoms with Gasteiger partial charge in [0.2, 0.25) is 5.91 Å². The van der Waals surface area contributed by atoms with Crippen LogP contribution in [0.2, 0.25) is 0 Å². The first-order valence-electron chi connectivity index (χ1n) is 11.3. The molecule has 1 saturated heterocycles. The van der Waals surface area contributed by atoms with E-state index in [1.807, 2.05) is 41.3 Å². The molecule has 2 aromatic rings. The van der Waals surface area contributed by atoms with E-state index in [9.17, 15) is 9.90 Å². The zero-order valence-corrected chi connectivity index (χ0v) is 18.0. The molecule has 3 heterocycles. The molecule has 1 N–H and O–H groups in total. The number of piperidine rings is 1. The Balaban J connectivity index is 1.24. The summed E-state index contributed by atoms with van der Waals surface area (Å²) in [5, 5.41) is 10.8. The van der Waals surface area contributed by atoms with E-state index in [0.717, 1.165) is 50.3 Å². The van der Waals surface area contributed by atoms with Crippen LogP contribution in [0, 0.1) is 0 Å². The SMILES string of the molecule is CCCN1C(=O)C2(CCN(CC(O)C3COc4ccccc4O3)CC2)c2ccccc21. The number of benzene rings is 2. The van der Waals surface area contributed by atoms with E-state index in [4.69, 9.17) is 9.47 Å². The van der Waals surface area contributed by atoms with Gasteiger partial charge in [0.25, 0.3) is 0 Å². The van der Waals surface area contributed by atoms with Crippen molar-refractivity contribution in [3.05, 3.63) is 54.1 Å². The number of likely N-dealkylation sites (tertiary alicyclic amines) is 1. The Hall–Kier alpha value is -2.57. The lowest BCUT2D eigenvalue weighted by molar-refractivity contribution is -0.125. The van der Waals surface area contributed by atoms with Gasteiger partial charge in [-0.05, 0) is 56.1 Å². The Labute approximate surface area is 183 Å². The van der Waals surface area contributed by atoms with Gasteiger partial charge in [0.15, 0.2) is 17.6 Å². The number of para-hydroxylation sites is 3. The molecule has 164 valence electrons. The topological polar surface area (TPSA) is 62.2 Å². The van der Waals surface area contributed by atoms with Crippen LogP contribution in [0.15, 0.2) is 48.5 Å². The van der Waals surface area contributed by atoms with Crippen molar-refractivity contribution in [3.8, 4) is 11.5 Å². The van der Waals surface area contributed by atoms with Gasteiger partial charge in [0.1, 0.15) is 12.7 Å². The number of aliphatic hydroxyl groups excluding tert-OH is 1. The molecule has 3 aliphatic heterocycles. The molecule has 0 aliphatic carbocycles. The predicted octanol–water partition coefficient (Wildman–Crippen LogP) is 2.98. The van der Waals surface area contributed by atoms with E-state index >= 15 is 0 Å². The van der Waals surface area contributed by atoms with E-state index < -0.39 is 11.5 Å². The summed E-state index contributed by atoms with van der Waals surface area (Å²) in [7, 11) is 0. The zero-order valence-electron chi connectivity index (χ0n) is 18.0. The Kier molecular flexibility index (Phi) is 5.36. The number of amides is 1. The van der Waals surface area contributed by atoms with Crippen LogP contribution in [0.5, 0.6) is 11.5 Å². The van der Waals surface area contributed by atoms with Gasteiger partial charge in [-0.15, -0.1) is 0 Å². The number of rotatable bonds is 5. The molecular weight excluding hydrogens is 392 g/mol. The number of carbonyl (C=O) groups excluding carboxylic acids is 1. The van der Waals surface area contributed by atoms with Crippen LogP contribution in [0.1, 0.15) is 31.7 Å². The molecule has 2 aromatic carbocycles. The van der Waals surface area contributed by atoms with Gasteiger partial charge in [-0.1, -0.05) is 37.3 Å². The average molecular weight is 423 g/mol. The summed E-state index contributed by atoms with van der Waals surface area (Å²) in [6.07, 6.45) is 1.47. The fraction of sp³-hybridized carbons (Fsp3) is 0.480. The van der Waals surface area contributed by atoms with Crippen LogP contribution in [-0.2, 0) is 10.2 Å². The van der Waals surface area contributed by atoms with E-state index in [2.05, 4.69) is 24.0 Å². The fourth-order valence-electron chi connectivity index (χ4n) is 5.25. The first-order chi connectivity index (χ1) is 15.1. The molecule has 3 aliphatic rings. The average Bonchev–Trinajstić information content (AvgIpc) is 3.03. The molecule has 1 amide bonds. The van der Waals surface area contributed by atoms with E-state index in [0.29, 0.717) is 18.9 Å². The third kappa shape index (κ3) is 3.48. The summed E-state index contributed by atoms with van der Waals surface area (Å²) in [4.78, 5) is 17.7. The maximum Gasteiger partial charge on any atom is 0.237 e. The number of β-amino-alcohol motifs (C(OH)–C–C–N with tert-alkyl or cyclic N) is 1. The number of ether oxygens (including phenoxy) is 2. The number of nitrogens with zero attached hydrogens (tertiary/aromatic N) is 2. The monoisotopic (exact) mass is 422 g/mol. The van der Waals surface area contributed by atoms with Crippen molar-refractivity contribution in [3.63, 3.8) is 0 Å². The second-order valence-corrected chi connectivity index (χ2v) is 8.84. The van der Waals surface area contributed by atoms with Gasteiger partial charge in [-0.2, -0.15) is 0 Å². The lowest BCUT2D eigenvalue weighted by atomic mass is 9.73. The highest BCUT2D eigenvalue weighted by Gasteiger charge is 2.51. The Morgan fingerprint density at radius 2 is 1.81 bits per heavy atom. The molecular formula is C25H30N2O4. The highest BCUT2D eigenvalue weighted by molar-refractivity contribution is 6.08. The van der Waals surface area contributed by atoms with Gasteiger partial charge in [-0.3, -0.25) is 4.79 Å². The van der Waals surface area contributed by atoms with Crippen LogP contribution >= 0.6 is 0 Å². The van der Waals surface area contributed by atoms with Gasteiger partial charge < -0.3 is 24.4 Å². The van der Waals surface area contributed by atoms with Crippen LogP contribution in [0.25, 0.3) is 0 Å². The van der Waals surface area contributed by atoms with E-state index in [-0.39, 0.29) is 12.0 Å². The van der Waals surface area contributed by atoms with Crippen molar-refractivity contribution < 1.29 is 19.4 Å². The van der Waals surface area contributed by atoms with Crippen molar-refractivity contribution in [1.82, 2.24) is 4.90 Å². The lowest BCUT2D eigenvalue weighted by Gasteiger charge is -2.40. The van der Waals surface area contributed by atoms with Gasteiger partial charge in [0.05, 0.1) is 5.41 Å². The molecule has 0 bridgehead atoms. The third-order valence-corrected chi connectivity index (χ3v) is 6.93. The highest BCUT2D eigenvalue weighted by atomic mass is 16.6. The van der Waals surface area contributed by atoms with E-state index in [1.54, 1.807) is 0 Å². The van der Waals surface area contributed by atoms with Crippen molar-refractivity contribution in [2.45, 2.75) is 43.8 Å². The maximum absolute atomic E-state index is 13.4. The quantitative estimate of drug-likeness (QED) is 0.803. The first kappa shape index (κ1) is 20.3. The van der Waals surface area contributed by atoms with Crippen molar-refractivity contribution in [2.75, 3.05) is 37.7 Å². The second-order valence-electron chi connectivity index (χ2n) is 8.84. The van der Waals surface area contributed by atoms with Gasteiger partial charge >= 0.3 is 0 Å². The number of fused-ring (bicyclic) bond motifs is 3. The van der Waals surface area contributed by atoms with Gasteiger partial charge in [-0.25, -0.2) is 0 Å². The minimum absolute atomic E-state index is 0.247. The van der Waals surface area contributed by atoms with Crippen molar-refractivity contribution >= 4 is 11.6 Å². The summed E-state index contributed by atoms with van der Waals surface area (Å²) in [5.74, 6) is 1.65. The number of hydrogen-bond donors (Lipinski definition) is 1. The molecule has 6 heteroatoms. The van der Waals surface area contributed by atoms with Crippen LogP contribution in [-0.4, -0.2) is 60.9 Å².